The number of halogens is 3. The summed E-state index contributed by atoms with van der Waals surface area (Å²) >= 11 is 0. The second-order valence-electron chi connectivity index (χ2n) is 6.71. The zero-order chi connectivity index (χ0) is 21.0. The highest BCUT2D eigenvalue weighted by atomic mass is 19.4. The Morgan fingerprint density at radius 2 is 1.86 bits per heavy atom. The summed E-state index contributed by atoms with van der Waals surface area (Å²) in [5, 5.41) is 3.24. The lowest BCUT2D eigenvalue weighted by Gasteiger charge is -2.32. The molecule has 156 valence electrons. The maximum absolute atomic E-state index is 12.8. The van der Waals surface area contributed by atoms with Gasteiger partial charge < -0.3 is 9.47 Å². The quantitative estimate of drug-likeness (QED) is 0.736. The molecule has 1 aliphatic heterocycles. The van der Waals surface area contributed by atoms with Crippen LogP contribution in [0.1, 0.15) is 29.7 Å². The number of amides is 1. The maximum Gasteiger partial charge on any atom is 0.424 e. The van der Waals surface area contributed by atoms with Gasteiger partial charge in [0.1, 0.15) is 11.9 Å². The molecule has 2 aromatic carbocycles. The molecule has 0 aromatic heterocycles. The first-order valence-corrected chi connectivity index (χ1v) is 9.36. The number of hydrogen-bond donors (Lipinski definition) is 0. The van der Waals surface area contributed by atoms with Gasteiger partial charge in [-0.1, -0.05) is 24.3 Å². The monoisotopic (exact) mass is 408 g/mol. The van der Waals surface area contributed by atoms with Crippen molar-refractivity contribution in [2.24, 2.45) is 0 Å². The molecular weight excluding hydrogens is 385 g/mol. The molecule has 8 heteroatoms. The molecule has 0 fully saturated rings. The van der Waals surface area contributed by atoms with E-state index in [4.69, 9.17) is 9.47 Å². The first kappa shape index (κ1) is 21.0. The van der Waals surface area contributed by atoms with Crippen LogP contribution in [0.25, 0.3) is 0 Å². The van der Waals surface area contributed by atoms with Crippen LogP contribution in [0.5, 0.6) is 5.75 Å². The fraction of sp³-hybridized carbons (Fsp3) is 0.381. The number of fused-ring (bicyclic) bond motifs is 1. The minimum Gasteiger partial charge on any atom is -0.484 e. The van der Waals surface area contributed by atoms with Gasteiger partial charge in [-0.3, -0.25) is 0 Å². The van der Waals surface area contributed by atoms with Crippen LogP contribution in [-0.2, 0) is 17.3 Å². The van der Waals surface area contributed by atoms with E-state index in [1.807, 2.05) is 29.3 Å². The normalized spacial score (nSPS) is 17.2. The largest absolute Gasteiger partial charge is 0.484 e. The van der Waals surface area contributed by atoms with Crippen molar-refractivity contribution in [2.75, 3.05) is 26.7 Å². The van der Waals surface area contributed by atoms with Crippen molar-refractivity contribution >= 4 is 6.09 Å². The highest BCUT2D eigenvalue weighted by Gasteiger charge is 2.31. The molecule has 0 spiro atoms. The number of alkyl halides is 3. The Bertz CT molecular complexity index is 840. The van der Waals surface area contributed by atoms with Crippen molar-refractivity contribution < 1.29 is 27.4 Å². The number of carbonyl (C=O) groups excluding carboxylic acids is 1. The summed E-state index contributed by atoms with van der Waals surface area (Å²) in [6.45, 7) is 2.94. The topological polar surface area (TPSA) is 42.0 Å². The molecule has 1 aliphatic rings. The summed E-state index contributed by atoms with van der Waals surface area (Å²) in [6.07, 6.45) is -4.62. The Labute approximate surface area is 167 Å². The number of benzene rings is 2. The van der Waals surface area contributed by atoms with E-state index in [2.05, 4.69) is 0 Å². The highest BCUT2D eigenvalue weighted by molar-refractivity contribution is 5.66. The van der Waals surface area contributed by atoms with Crippen LogP contribution in [0.2, 0.25) is 0 Å². The number of hydrogen-bond acceptors (Lipinski definition) is 4. The molecule has 1 atom stereocenters. The third-order valence-corrected chi connectivity index (χ3v) is 4.83. The Morgan fingerprint density at radius 3 is 2.52 bits per heavy atom. The second-order valence-corrected chi connectivity index (χ2v) is 6.71. The predicted octanol–water partition coefficient (Wildman–Crippen LogP) is 4.69. The molecule has 0 N–H and O–H groups in total. The Balaban J connectivity index is 1.84. The molecule has 0 bridgehead atoms. The SMILES string of the molecule is CCOC(=O)N(C)N1CCc2ccccc2C(Oc2ccc(C(F)(F)F)cc2)C1. The minimum absolute atomic E-state index is 0.267. The summed E-state index contributed by atoms with van der Waals surface area (Å²) in [7, 11) is 1.63. The van der Waals surface area contributed by atoms with E-state index < -0.39 is 23.9 Å². The van der Waals surface area contributed by atoms with Crippen LogP contribution in [0.3, 0.4) is 0 Å². The molecule has 1 unspecified atom stereocenters. The fourth-order valence-corrected chi connectivity index (χ4v) is 3.30. The van der Waals surface area contributed by atoms with E-state index in [1.165, 1.54) is 17.1 Å². The van der Waals surface area contributed by atoms with Crippen LogP contribution in [0.15, 0.2) is 48.5 Å². The van der Waals surface area contributed by atoms with Crippen molar-refractivity contribution in [3.05, 3.63) is 65.2 Å². The molecule has 0 radical (unpaired) electrons. The molecule has 2 aromatic rings. The molecular formula is C21H23F3N2O3. The summed E-state index contributed by atoms with van der Waals surface area (Å²) in [5.41, 5.74) is 1.30. The predicted molar refractivity (Wildman–Crippen MR) is 101 cm³/mol. The van der Waals surface area contributed by atoms with Gasteiger partial charge in [-0.25, -0.2) is 14.8 Å². The number of rotatable bonds is 4. The zero-order valence-electron chi connectivity index (χ0n) is 16.3. The Kier molecular flexibility index (Phi) is 6.32. The van der Waals surface area contributed by atoms with Crippen LogP contribution in [0, 0.1) is 0 Å². The molecule has 29 heavy (non-hydrogen) atoms. The molecule has 0 saturated carbocycles. The minimum atomic E-state index is -4.40. The Morgan fingerprint density at radius 1 is 1.17 bits per heavy atom. The van der Waals surface area contributed by atoms with Crippen molar-refractivity contribution in [1.29, 1.82) is 0 Å². The van der Waals surface area contributed by atoms with Crippen LogP contribution in [-0.4, -0.2) is 42.9 Å². The molecule has 0 saturated heterocycles. The average molecular weight is 408 g/mol. The van der Waals surface area contributed by atoms with E-state index in [9.17, 15) is 18.0 Å². The van der Waals surface area contributed by atoms with Crippen LogP contribution < -0.4 is 4.74 Å². The number of nitrogens with zero attached hydrogens (tertiary/aromatic N) is 2. The molecule has 5 nitrogen and oxygen atoms in total. The van der Waals surface area contributed by atoms with Crippen molar-refractivity contribution in [3.8, 4) is 5.75 Å². The third-order valence-electron chi connectivity index (χ3n) is 4.83. The van der Waals surface area contributed by atoms with Crippen molar-refractivity contribution in [1.82, 2.24) is 10.0 Å². The lowest BCUT2D eigenvalue weighted by molar-refractivity contribution is -0.137. The summed E-state index contributed by atoms with van der Waals surface area (Å²) < 4.78 is 49.6. The van der Waals surface area contributed by atoms with E-state index in [1.54, 1.807) is 14.0 Å². The average Bonchev–Trinajstić information content (AvgIpc) is 2.87. The summed E-state index contributed by atoms with van der Waals surface area (Å²) in [6, 6.07) is 12.4. The fourth-order valence-electron chi connectivity index (χ4n) is 3.30. The molecule has 1 amide bonds. The van der Waals surface area contributed by atoms with Crippen LogP contribution in [0.4, 0.5) is 18.0 Å². The Hall–Kier alpha value is -2.74. The number of ether oxygens (including phenoxy) is 2. The highest BCUT2D eigenvalue weighted by Crippen LogP contribution is 2.33. The van der Waals surface area contributed by atoms with Gasteiger partial charge in [-0.15, -0.1) is 0 Å². The van der Waals surface area contributed by atoms with Crippen molar-refractivity contribution in [3.63, 3.8) is 0 Å². The first-order chi connectivity index (χ1) is 13.8. The van der Waals surface area contributed by atoms with E-state index in [0.717, 1.165) is 23.3 Å². The maximum atomic E-state index is 12.8. The summed E-state index contributed by atoms with van der Waals surface area (Å²) in [4.78, 5) is 12.1. The first-order valence-electron chi connectivity index (χ1n) is 9.36. The second kappa shape index (κ2) is 8.73. The lowest BCUT2D eigenvalue weighted by atomic mass is 10.0. The van der Waals surface area contributed by atoms with Gasteiger partial charge in [0.05, 0.1) is 18.7 Å². The van der Waals surface area contributed by atoms with Gasteiger partial charge in [-0.2, -0.15) is 13.2 Å². The lowest BCUT2D eigenvalue weighted by Crippen LogP contribution is -2.46. The van der Waals surface area contributed by atoms with E-state index in [0.29, 0.717) is 25.3 Å². The van der Waals surface area contributed by atoms with Gasteiger partial charge in [0, 0.05) is 13.6 Å². The molecule has 1 heterocycles. The van der Waals surface area contributed by atoms with E-state index in [-0.39, 0.29) is 6.61 Å². The molecule has 0 aliphatic carbocycles. The van der Waals surface area contributed by atoms with Gasteiger partial charge in [0.25, 0.3) is 0 Å². The summed E-state index contributed by atoms with van der Waals surface area (Å²) in [5.74, 6) is 0.332. The van der Waals surface area contributed by atoms with Crippen molar-refractivity contribution in [2.45, 2.75) is 25.6 Å². The number of hydrazine groups is 1. The van der Waals surface area contributed by atoms with Gasteiger partial charge in [-0.05, 0) is 48.7 Å². The zero-order valence-corrected chi connectivity index (χ0v) is 16.3. The van der Waals surface area contributed by atoms with E-state index >= 15 is 0 Å². The van der Waals surface area contributed by atoms with Gasteiger partial charge in [0.15, 0.2) is 0 Å². The third kappa shape index (κ3) is 5.00. The van der Waals surface area contributed by atoms with Gasteiger partial charge >= 0.3 is 12.3 Å². The van der Waals surface area contributed by atoms with Crippen LogP contribution >= 0.6 is 0 Å². The van der Waals surface area contributed by atoms with Gasteiger partial charge in [0.2, 0.25) is 0 Å². The smallest absolute Gasteiger partial charge is 0.424 e. The standard InChI is InChI=1S/C21H23F3N2O3/c1-3-28-20(27)25(2)26-13-12-15-6-4-5-7-18(15)19(14-26)29-17-10-8-16(9-11-17)21(22,23)24/h4-11,19H,3,12-14H2,1-2H3. The number of carbonyl (C=O) groups is 1. The molecule has 3 rings (SSSR count).